The quantitative estimate of drug-likeness (QED) is 0.603. The van der Waals surface area contributed by atoms with Gasteiger partial charge in [0.25, 0.3) is 0 Å². The van der Waals surface area contributed by atoms with Crippen molar-refractivity contribution in [1.82, 2.24) is 20.5 Å². The van der Waals surface area contributed by atoms with Gasteiger partial charge < -0.3 is 15.5 Å². The second-order valence-corrected chi connectivity index (χ2v) is 5.50. The van der Waals surface area contributed by atoms with Gasteiger partial charge in [-0.3, -0.25) is 9.98 Å². The first-order chi connectivity index (χ1) is 9.70. The van der Waals surface area contributed by atoms with Crippen LogP contribution in [-0.4, -0.2) is 49.6 Å². The molecule has 0 aromatic carbocycles. The fourth-order valence-electron chi connectivity index (χ4n) is 2.35. The van der Waals surface area contributed by atoms with Crippen molar-refractivity contribution in [2.75, 3.05) is 27.7 Å². The molecule has 1 aliphatic carbocycles. The number of guanidine groups is 1. The standard InChI is InChI=1S/C15H25N5/c1-16-15(18-10-13-6-4-5-9-17-13)19-11-14(20(2)3)12-7-8-12/h4-6,9,12,14H,7-8,10-11H2,1-3H3,(H2,16,18,19). The van der Waals surface area contributed by atoms with E-state index in [2.05, 4.69) is 39.6 Å². The summed E-state index contributed by atoms with van der Waals surface area (Å²) in [5.74, 6) is 1.68. The number of aromatic nitrogens is 1. The monoisotopic (exact) mass is 275 g/mol. The van der Waals surface area contributed by atoms with Crippen molar-refractivity contribution in [3.63, 3.8) is 0 Å². The molecule has 5 nitrogen and oxygen atoms in total. The third-order valence-corrected chi connectivity index (χ3v) is 3.69. The van der Waals surface area contributed by atoms with E-state index >= 15 is 0 Å². The third-order valence-electron chi connectivity index (χ3n) is 3.69. The minimum Gasteiger partial charge on any atom is -0.355 e. The van der Waals surface area contributed by atoms with Crippen molar-refractivity contribution >= 4 is 5.96 Å². The Morgan fingerprint density at radius 2 is 2.20 bits per heavy atom. The summed E-state index contributed by atoms with van der Waals surface area (Å²) in [5.41, 5.74) is 1.02. The maximum atomic E-state index is 4.29. The van der Waals surface area contributed by atoms with Gasteiger partial charge in [-0.1, -0.05) is 6.07 Å². The summed E-state index contributed by atoms with van der Waals surface area (Å²) in [5, 5.41) is 6.71. The molecule has 110 valence electrons. The second-order valence-electron chi connectivity index (χ2n) is 5.50. The fourth-order valence-corrected chi connectivity index (χ4v) is 2.35. The molecule has 2 rings (SSSR count). The Labute approximate surface area is 121 Å². The largest absolute Gasteiger partial charge is 0.355 e. The van der Waals surface area contributed by atoms with Gasteiger partial charge in [0.2, 0.25) is 0 Å². The lowest BCUT2D eigenvalue weighted by Crippen LogP contribution is -2.45. The summed E-state index contributed by atoms with van der Waals surface area (Å²) in [6.45, 7) is 1.62. The molecular formula is C15H25N5. The molecule has 0 bridgehead atoms. The topological polar surface area (TPSA) is 52.6 Å². The van der Waals surface area contributed by atoms with Gasteiger partial charge in [-0.25, -0.2) is 0 Å². The lowest BCUT2D eigenvalue weighted by Gasteiger charge is -2.25. The van der Waals surface area contributed by atoms with Gasteiger partial charge in [0.05, 0.1) is 12.2 Å². The van der Waals surface area contributed by atoms with Gasteiger partial charge in [-0.2, -0.15) is 0 Å². The predicted octanol–water partition coefficient (Wildman–Crippen LogP) is 1.09. The Balaban J connectivity index is 1.77. The highest BCUT2D eigenvalue weighted by Crippen LogP contribution is 2.34. The molecule has 2 N–H and O–H groups in total. The zero-order valence-corrected chi connectivity index (χ0v) is 12.6. The van der Waals surface area contributed by atoms with E-state index in [1.165, 1.54) is 12.8 Å². The van der Waals surface area contributed by atoms with Crippen LogP contribution in [0, 0.1) is 5.92 Å². The molecule has 5 heteroatoms. The van der Waals surface area contributed by atoms with Crippen LogP contribution in [0.5, 0.6) is 0 Å². The maximum Gasteiger partial charge on any atom is 0.191 e. The van der Waals surface area contributed by atoms with Gasteiger partial charge in [-0.15, -0.1) is 0 Å². The average Bonchev–Trinajstić information content (AvgIpc) is 3.28. The van der Waals surface area contributed by atoms with E-state index in [1.807, 2.05) is 24.4 Å². The molecular weight excluding hydrogens is 250 g/mol. The maximum absolute atomic E-state index is 4.29. The number of hydrogen-bond acceptors (Lipinski definition) is 3. The molecule has 1 aliphatic rings. The number of aliphatic imine (C=N–C) groups is 1. The summed E-state index contributed by atoms with van der Waals surface area (Å²) in [4.78, 5) is 10.9. The van der Waals surface area contributed by atoms with Crippen LogP contribution in [0.3, 0.4) is 0 Å². The molecule has 0 aliphatic heterocycles. The van der Waals surface area contributed by atoms with E-state index in [0.29, 0.717) is 12.6 Å². The molecule has 1 unspecified atom stereocenters. The lowest BCUT2D eigenvalue weighted by molar-refractivity contribution is 0.264. The van der Waals surface area contributed by atoms with Gasteiger partial charge in [0.15, 0.2) is 5.96 Å². The lowest BCUT2D eigenvalue weighted by atomic mass is 10.1. The Morgan fingerprint density at radius 1 is 1.40 bits per heavy atom. The molecule has 0 radical (unpaired) electrons. The van der Waals surface area contributed by atoms with Crippen molar-refractivity contribution in [1.29, 1.82) is 0 Å². The Hall–Kier alpha value is -1.62. The molecule has 0 amide bonds. The van der Waals surface area contributed by atoms with Crippen LogP contribution >= 0.6 is 0 Å². The average molecular weight is 275 g/mol. The molecule has 1 saturated carbocycles. The van der Waals surface area contributed by atoms with Crippen LogP contribution in [0.2, 0.25) is 0 Å². The predicted molar refractivity (Wildman–Crippen MR) is 82.6 cm³/mol. The van der Waals surface area contributed by atoms with E-state index in [9.17, 15) is 0 Å². The molecule has 1 fully saturated rings. The number of rotatable bonds is 6. The number of likely N-dealkylation sites (N-methyl/N-ethyl adjacent to an activating group) is 1. The number of hydrogen-bond donors (Lipinski definition) is 2. The molecule has 0 spiro atoms. The molecule has 1 aromatic heterocycles. The van der Waals surface area contributed by atoms with Gasteiger partial charge in [-0.05, 0) is 45.0 Å². The van der Waals surface area contributed by atoms with Gasteiger partial charge in [0.1, 0.15) is 0 Å². The van der Waals surface area contributed by atoms with Gasteiger partial charge >= 0.3 is 0 Å². The zero-order chi connectivity index (χ0) is 14.4. The summed E-state index contributed by atoms with van der Waals surface area (Å²) >= 11 is 0. The summed E-state index contributed by atoms with van der Waals surface area (Å²) < 4.78 is 0. The first-order valence-corrected chi connectivity index (χ1v) is 7.21. The summed E-state index contributed by atoms with van der Waals surface area (Å²) in [6.07, 6.45) is 4.51. The molecule has 1 atom stereocenters. The van der Waals surface area contributed by atoms with E-state index in [0.717, 1.165) is 24.1 Å². The highest BCUT2D eigenvalue weighted by Gasteiger charge is 2.32. The molecule has 1 aromatic rings. The zero-order valence-electron chi connectivity index (χ0n) is 12.6. The molecule has 1 heterocycles. The number of nitrogens with zero attached hydrogens (tertiary/aromatic N) is 3. The van der Waals surface area contributed by atoms with Crippen LogP contribution in [0.1, 0.15) is 18.5 Å². The highest BCUT2D eigenvalue weighted by atomic mass is 15.2. The van der Waals surface area contributed by atoms with Crippen molar-refractivity contribution in [3.05, 3.63) is 30.1 Å². The van der Waals surface area contributed by atoms with Crippen molar-refractivity contribution in [2.45, 2.75) is 25.4 Å². The van der Waals surface area contributed by atoms with Gasteiger partial charge in [0, 0.05) is 25.8 Å². The van der Waals surface area contributed by atoms with Crippen LogP contribution in [0.15, 0.2) is 29.4 Å². The molecule has 20 heavy (non-hydrogen) atoms. The number of nitrogens with one attached hydrogen (secondary N) is 2. The van der Waals surface area contributed by atoms with Crippen LogP contribution < -0.4 is 10.6 Å². The third kappa shape index (κ3) is 4.49. The van der Waals surface area contributed by atoms with Crippen LogP contribution in [0.4, 0.5) is 0 Å². The first kappa shape index (κ1) is 14.8. The van der Waals surface area contributed by atoms with Crippen LogP contribution in [-0.2, 0) is 6.54 Å². The normalized spacial score (nSPS) is 17.1. The summed E-state index contributed by atoms with van der Waals surface area (Å²) in [6, 6.07) is 6.51. The highest BCUT2D eigenvalue weighted by molar-refractivity contribution is 5.79. The van der Waals surface area contributed by atoms with Crippen LogP contribution in [0.25, 0.3) is 0 Å². The Bertz CT molecular complexity index is 423. The van der Waals surface area contributed by atoms with E-state index < -0.39 is 0 Å². The minimum atomic E-state index is 0.586. The first-order valence-electron chi connectivity index (χ1n) is 7.21. The number of pyridine rings is 1. The smallest absolute Gasteiger partial charge is 0.191 e. The van der Waals surface area contributed by atoms with Crippen molar-refractivity contribution < 1.29 is 0 Å². The fraction of sp³-hybridized carbons (Fsp3) is 0.600. The van der Waals surface area contributed by atoms with Crippen molar-refractivity contribution in [3.8, 4) is 0 Å². The van der Waals surface area contributed by atoms with Crippen molar-refractivity contribution in [2.24, 2.45) is 10.9 Å². The minimum absolute atomic E-state index is 0.586. The van der Waals surface area contributed by atoms with E-state index in [4.69, 9.17) is 0 Å². The molecule has 0 saturated heterocycles. The Kier molecular flexibility index (Phi) is 5.35. The summed E-state index contributed by atoms with van der Waals surface area (Å²) in [7, 11) is 6.10. The van der Waals surface area contributed by atoms with E-state index in [1.54, 1.807) is 7.05 Å². The van der Waals surface area contributed by atoms with E-state index in [-0.39, 0.29) is 0 Å². The second kappa shape index (κ2) is 7.24. The SMILES string of the molecule is CN=C(NCc1ccccn1)NCC(C1CC1)N(C)C. The Morgan fingerprint density at radius 3 is 2.75 bits per heavy atom.